The first-order valence-electron chi connectivity index (χ1n) is 9.08. The molecule has 0 saturated heterocycles. The summed E-state index contributed by atoms with van der Waals surface area (Å²) in [6, 6.07) is 12.3. The third-order valence-corrected chi connectivity index (χ3v) is 6.63. The van der Waals surface area contributed by atoms with E-state index in [0.29, 0.717) is 24.1 Å². The second-order valence-corrected chi connectivity index (χ2v) is 9.58. The molecule has 7 nitrogen and oxygen atoms in total. The summed E-state index contributed by atoms with van der Waals surface area (Å²) in [5.41, 5.74) is 1.86. The summed E-state index contributed by atoms with van der Waals surface area (Å²) in [7, 11) is -3.52. The van der Waals surface area contributed by atoms with Crippen LogP contribution in [0.3, 0.4) is 0 Å². The van der Waals surface area contributed by atoms with E-state index < -0.39 is 15.9 Å². The molecule has 0 radical (unpaired) electrons. The summed E-state index contributed by atoms with van der Waals surface area (Å²) in [5.74, 6) is -0.292. The fourth-order valence-electron chi connectivity index (χ4n) is 2.75. The van der Waals surface area contributed by atoms with Gasteiger partial charge in [0.15, 0.2) is 9.84 Å². The van der Waals surface area contributed by atoms with Gasteiger partial charge in [-0.25, -0.2) is 13.2 Å². The zero-order chi connectivity index (χ0) is 21.4. The summed E-state index contributed by atoms with van der Waals surface area (Å²) in [4.78, 5) is 23.1. The first-order chi connectivity index (χ1) is 13.7. The van der Waals surface area contributed by atoms with Gasteiger partial charge in [-0.1, -0.05) is 35.0 Å². The molecule has 0 aliphatic rings. The fraction of sp³-hybridized carbons (Fsp3) is 0.300. The van der Waals surface area contributed by atoms with E-state index in [2.05, 4.69) is 26.6 Å². The molecule has 2 rings (SSSR count). The van der Waals surface area contributed by atoms with Crippen LogP contribution in [0, 0.1) is 0 Å². The number of rotatable bonds is 9. The quantitative estimate of drug-likeness (QED) is 0.500. The monoisotopic (exact) mass is 482 g/mol. The number of carbonyl (C=O) groups excluding carboxylic acids is 1. The number of amides is 2. The van der Waals surface area contributed by atoms with E-state index in [1.54, 1.807) is 0 Å². The van der Waals surface area contributed by atoms with Gasteiger partial charge in [0.2, 0.25) is 5.91 Å². The van der Waals surface area contributed by atoms with E-state index >= 15 is 0 Å². The van der Waals surface area contributed by atoms with Crippen molar-refractivity contribution in [3.05, 3.63) is 58.1 Å². The number of benzene rings is 2. The molecule has 0 aliphatic heterocycles. The minimum absolute atomic E-state index is 0.0574. The van der Waals surface area contributed by atoms with Crippen LogP contribution in [0.15, 0.2) is 51.8 Å². The topological polar surface area (TPSA) is 113 Å². The fourth-order valence-corrected chi connectivity index (χ4v) is 4.13. The molecule has 0 heterocycles. The van der Waals surface area contributed by atoms with Gasteiger partial charge in [0.1, 0.15) is 0 Å². The third-order valence-electron chi connectivity index (χ3n) is 4.27. The van der Waals surface area contributed by atoms with Crippen molar-refractivity contribution in [2.24, 2.45) is 0 Å². The molecule has 0 saturated carbocycles. The lowest BCUT2D eigenvalue weighted by atomic mass is 10.1. The van der Waals surface area contributed by atoms with Crippen LogP contribution in [-0.4, -0.2) is 31.3 Å². The number of sulfone groups is 1. The van der Waals surface area contributed by atoms with E-state index in [4.69, 9.17) is 5.11 Å². The number of carbonyl (C=O) groups is 2. The van der Waals surface area contributed by atoms with Crippen molar-refractivity contribution in [3.8, 4) is 0 Å². The number of halogens is 1. The van der Waals surface area contributed by atoms with Gasteiger partial charge in [-0.2, -0.15) is 0 Å². The maximum absolute atomic E-state index is 12.2. The highest BCUT2D eigenvalue weighted by Gasteiger charge is 2.18. The Labute approximate surface area is 178 Å². The lowest BCUT2D eigenvalue weighted by Crippen LogP contribution is -2.22. The standard InChI is InChI=1S/C20H23BrN2O5S/c1-2-29(27,28)18-11-10-17(12-15(18)13-22-20(25)26)23-19(24)5-3-4-14-6-8-16(21)9-7-14/h6-12,22H,2-5,13H2,1H3,(H,23,24)(H,25,26). The van der Waals surface area contributed by atoms with Crippen molar-refractivity contribution >= 4 is 43.5 Å². The molecule has 0 atom stereocenters. The Bertz CT molecular complexity index is 975. The molecule has 0 spiro atoms. The van der Waals surface area contributed by atoms with Gasteiger partial charge >= 0.3 is 6.09 Å². The SMILES string of the molecule is CCS(=O)(=O)c1ccc(NC(=O)CCCc2ccc(Br)cc2)cc1CNC(=O)O. The molecule has 156 valence electrons. The number of nitrogens with one attached hydrogen (secondary N) is 2. The molecular weight excluding hydrogens is 460 g/mol. The van der Waals surface area contributed by atoms with E-state index in [0.717, 1.165) is 16.5 Å². The molecule has 9 heteroatoms. The minimum Gasteiger partial charge on any atom is -0.465 e. The van der Waals surface area contributed by atoms with Crippen LogP contribution < -0.4 is 10.6 Å². The molecule has 0 aromatic heterocycles. The van der Waals surface area contributed by atoms with Crippen molar-refractivity contribution in [1.82, 2.24) is 5.32 Å². The lowest BCUT2D eigenvalue weighted by Gasteiger charge is -2.13. The maximum Gasteiger partial charge on any atom is 0.404 e. The van der Waals surface area contributed by atoms with Crippen LogP contribution in [0.1, 0.15) is 30.9 Å². The van der Waals surface area contributed by atoms with E-state index in [1.807, 2.05) is 24.3 Å². The molecular formula is C20H23BrN2O5S. The minimum atomic E-state index is -3.52. The average Bonchev–Trinajstić information content (AvgIpc) is 2.68. The molecule has 0 unspecified atom stereocenters. The molecule has 0 bridgehead atoms. The zero-order valence-corrected chi connectivity index (χ0v) is 18.3. The van der Waals surface area contributed by atoms with Crippen LogP contribution in [0.5, 0.6) is 0 Å². The van der Waals surface area contributed by atoms with E-state index in [9.17, 15) is 18.0 Å². The average molecular weight is 483 g/mol. The Kier molecular flexibility index (Phi) is 8.21. The van der Waals surface area contributed by atoms with Gasteiger partial charge in [-0.3, -0.25) is 4.79 Å². The second kappa shape index (κ2) is 10.4. The molecule has 0 fully saturated rings. The molecule has 2 aromatic rings. The predicted octanol–water partition coefficient (Wildman–Crippen LogP) is 3.97. The van der Waals surface area contributed by atoms with Crippen LogP contribution in [-0.2, 0) is 27.6 Å². The largest absolute Gasteiger partial charge is 0.465 e. The van der Waals surface area contributed by atoms with Crippen molar-refractivity contribution in [2.75, 3.05) is 11.1 Å². The Hall–Kier alpha value is -2.39. The summed E-state index contributed by atoms with van der Waals surface area (Å²) >= 11 is 3.38. The highest BCUT2D eigenvalue weighted by Crippen LogP contribution is 2.22. The zero-order valence-electron chi connectivity index (χ0n) is 15.9. The third kappa shape index (κ3) is 7.17. The second-order valence-electron chi connectivity index (χ2n) is 6.41. The van der Waals surface area contributed by atoms with Gasteiger partial charge in [0, 0.05) is 23.1 Å². The molecule has 0 aliphatic carbocycles. The number of carboxylic acid groups (broad SMARTS) is 1. The van der Waals surface area contributed by atoms with Crippen molar-refractivity contribution in [1.29, 1.82) is 0 Å². The van der Waals surface area contributed by atoms with Crippen LogP contribution in [0.4, 0.5) is 10.5 Å². The maximum atomic E-state index is 12.2. The molecule has 29 heavy (non-hydrogen) atoms. The summed E-state index contributed by atoms with van der Waals surface area (Å²) in [5, 5.41) is 13.7. The number of aryl methyl sites for hydroxylation is 1. The first-order valence-corrected chi connectivity index (χ1v) is 11.5. The summed E-state index contributed by atoms with van der Waals surface area (Å²) in [6.07, 6.45) is 0.492. The van der Waals surface area contributed by atoms with Gasteiger partial charge in [-0.15, -0.1) is 0 Å². The number of hydrogen-bond acceptors (Lipinski definition) is 4. The Morgan fingerprint density at radius 3 is 2.41 bits per heavy atom. The van der Waals surface area contributed by atoms with Crippen molar-refractivity contribution in [3.63, 3.8) is 0 Å². The first kappa shape index (κ1) is 22.9. The van der Waals surface area contributed by atoms with Crippen LogP contribution in [0.2, 0.25) is 0 Å². The van der Waals surface area contributed by atoms with E-state index in [-0.39, 0.29) is 23.1 Å². The Morgan fingerprint density at radius 1 is 1.10 bits per heavy atom. The highest BCUT2D eigenvalue weighted by molar-refractivity contribution is 9.10. The molecule has 2 amide bonds. The van der Waals surface area contributed by atoms with Gasteiger partial charge < -0.3 is 15.7 Å². The normalized spacial score (nSPS) is 11.1. The van der Waals surface area contributed by atoms with E-state index in [1.165, 1.54) is 25.1 Å². The Morgan fingerprint density at radius 2 is 1.79 bits per heavy atom. The van der Waals surface area contributed by atoms with Gasteiger partial charge in [0.05, 0.1) is 10.6 Å². The molecule has 2 aromatic carbocycles. The van der Waals surface area contributed by atoms with Crippen molar-refractivity contribution in [2.45, 2.75) is 37.6 Å². The summed E-state index contributed by atoms with van der Waals surface area (Å²) < 4.78 is 25.5. The Balaban J connectivity index is 2.03. The number of anilines is 1. The summed E-state index contributed by atoms with van der Waals surface area (Å²) in [6.45, 7) is 1.35. The van der Waals surface area contributed by atoms with Gasteiger partial charge in [-0.05, 0) is 54.3 Å². The lowest BCUT2D eigenvalue weighted by molar-refractivity contribution is -0.116. The number of hydrogen-bond donors (Lipinski definition) is 3. The van der Waals surface area contributed by atoms with Gasteiger partial charge in [0.25, 0.3) is 0 Å². The highest BCUT2D eigenvalue weighted by atomic mass is 79.9. The predicted molar refractivity (Wildman–Crippen MR) is 115 cm³/mol. The molecule has 3 N–H and O–H groups in total. The van der Waals surface area contributed by atoms with Crippen LogP contribution in [0.25, 0.3) is 0 Å². The van der Waals surface area contributed by atoms with Crippen LogP contribution >= 0.6 is 15.9 Å². The van der Waals surface area contributed by atoms with Crippen molar-refractivity contribution < 1.29 is 23.1 Å². The smallest absolute Gasteiger partial charge is 0.404 e.